The lowest BCUT2D eigenvalue weighted by Crippen LogP contribution is -2.44. The lowest BCUT2D eigenvalue weighted by atomic mass is 9.74. The van der Waals surface area contributed by atoms with Crippen LogP contribution < -0.4 is 10.1 Å². The molecular weight excluding hydrogens is 456 g/mol. The van der Waals surface area contributed by atoms with Gasteiger partial charge in [-0.2, -0.15) is 0 Å². The maximum atomic E-state index is 13.1. The average Bonchev–Trinajstić information content (AvgIpc) is 3.03. The Bertz CT molecular complexity index is 1180. The Morgan fingerprint density at radius 2 is 1.82 bits per heavy atom. The molecule has 9 heteroatoms. The maximum absolute atomic E-state index is 13.1. The van der Waals surface area contributed by atoms with Crippen molar-refractivity contribution in [2.24, 2.45) is 0 Å². The van der Waals surface area contributed by atoms with Gasteiger partial charge in [-0.15, -0.1) is 0 Å². The first-order valence-electron chi connectivity index (χ1n) is 11.5. The number of carbonyl (C=O) groups excluding carboxylic acids is 2. The van der Waals surface area contributed by atoms with Gasteiger partial charge >= 0.3 is 0 Å². The summed E-state index contributed by atoms with van der Waals surface area (Å²) in [5, 5.41) is 2.99. The Morgan fingerprint density at radius 1 is 1.15 bits per heavy atom. The van der Waals surface area contributed by atoms with Crippen LogP contribution in [-0.4, -0.2) is 56.9 Å². The molecule has 1 N–H and O–H groups in total. The summed E-state index contributed by atoms with van der Waals surface area (Å²) < 4.78 is 37.7. The van der Waals surface area contributed by atoms with Gasteiger partial charge in [0.2, 0.25) is 0 Å². The largest absolute Gasteiger partial charge is 0.494 e. The number of nitrogens with zero attached hydrogens (tertiary/aromatic N) is 1. The van der Waals surface area contributed by atoms with Gasteiger partial charge in [0.05, 0.1) is 12.2 Å². The van der Waals surface area contributed by atoms with E-state index in [1.54, 1.807) is 13.8 Å². The van der Waals surface area contributed by atoms with Crippen molar-refractivity contribution in [2.45, 2.75) is 50.0 Å². The first-order chi connectivity index (χ1) is 16.2. The molecule has 34 heavy (non-hydrogen) atoms. The lowest BCUT2D eigenvalue weighted by Gasteiger charge is -2.38. The number of benzene rings is 2. The summed E-state index contributed by atoms with van der Waals surface area (Å²) in [7, 11) is -3.97. The second-order valence-corrected chi connectivity index (χ2v) is 10.7. The number of amides is 2. The minimum atomic E-state index is -3.97. The van der Waals surface area contributed by atoms with E-state index in [9.17, 15) is 18.0 Å². The van der Waals surface area contributed by atoms with Crippen LogP contribution in [0.2, 0.25) is 0 Å². The fraction of sp³-hybridized carbons (Fsp3) is 0.440. The van der Waals surface area contributed by atoms with Gasteiger partial charge in [-0.25, -0.2) is 12.7 Å². The van der Waals surface area contributed by atoms with E-state index >= 15 is 0 Å². The summed E-state index contributed by atoms with van der Waals surface area (Å²) in [6.45, 7) is 7.37. The Hall–Kier alpha value is -2.91. The first kappa shape index (κ1) is 24.2. The van der Waals surface area contributed by atoms with Crippen LogP contribution in [0.25, 0.3) is 0 Å². The van der Waals surface area contributed by atoms with E-state index < -0.39 is 22.0 Å². The number of nitrogens with one attached hydrogen (secondary N) is 1. The van der Waals surface area contributed by atoms with Crippen molar-refractivity contribution >= 4 is 21.8 Å². The van der Waals surface area contributed by atoms with Crippen LogP contribution in [-0.2, 0) is 20.2 Å². The smallest absolute Gasteiger partial charge is 0.269 e. The van der Waals surface area contributed by atoms with Gasteiger partial charge in [0.15, 0.2) is 0 Å². The first-order valence-corrected chi connectivity index (χ1v) is 13.0. The second-order valence-electron chi connectivity index (χ2n) is 8.94. The summed E-state index contributed by atoms with van der Waals surface area (Å²) in [6.07, 6.45) is 1.50. The van der Waals surface area contributed by atoms with Gasteiger partial charge in [-0.05, 0) is 69.5 Å². The van der Waals surface area contributed by atoms with E-state index in [0.29, 0.717) is 26.4 Å². The maximum Gasteiger partial charge on any atom is 0.269 e. The van der Waals surface area contributed by atoms with Gasteiger partial charge in [0, 0.05) is 36.8 Å². The van der Waals surface area contributed by atoms with E-state index in [4.69, 9.17) is 9.47 Å². The molecule has 1 fully saturated rings. The highest BCUT2D eigenvalue weighted by Gasteiger charge is 2.43. The molecule has 182 valence electrons. The molecule has 0 atom stereocenters. The molecule has 0 bridgehead atoms. The summed E-state index contributed by atoms with van der Waals surface area (Å²) in [4.78, 5) is 25.5. The third-order valence-electron chi connectivity index (χ3n) is 6.50. The lowest BCUT2D eigenvalue weighted by molar-refractivity contribution is 0.0487. The van der Waals surface area contributed by atoms with Crippen molar-refractivity contribution in [1.82, 2.24) is 9.62 Å². The zero-order valence-corrected chi connectivity index (χ0v) is 20.5. The highest BCUT2D eigenvalue weighted by molar-refractivity contribution is 7.90. The molecule has 2 aliphatic rings. The van der Waals surface area contributed by atoms with Crippen molar-refractivity contribution in [3.8, 4) is 5.75 Å². The minimum Gasteiger partial charge on any atom is -0.494 e. The molecule has 2 aromatic rings. The summed E-state index contributed by atoms with van der Waals surface area (Å²) in [5.41, 5.74) is 1.09. The molecular formula is C25H30N2O6S. The molecule has 0 unspecified atom stereocenters. The molecule has 2 amide bonds. The van der Waals surface area contributed by atoms with Gasteiger partial charge in [-0.3, -0.25) is 9.59 Å². The Kier molecular flexibility index (Phi) is 6.69. The number of sulfonamides is 1. The van der Waals surface area contributed by atoms with E-state index in [1.165, 1.54) is 18.2 Å². The van der Waals surface area contributed by atoms with Crippen LogP contribution in [0.5, 0.6) is 5.75 Å². The molecule has 2 aliphatic heterocycles. The fourth-order valence-electron chi connectivity index (χ4n) is 4.65. The Labute approximate surface area is 200 Å². The second kappa shape index (κ2) is 9.38. The molecule has 8 nitrogen and oxygen atoms in total. The average molecular weight is 487 g/mol. The third kappa shape index (κ3) is 4.30. The van der Waals surface area contributed by atoms with Gasteiger partial charge in [0.25, 0.3) is 21.8 Å². The predicted octanol–water partition coefficient (Wildman–Crippen LogP) is 3.12. The van der Waals surface area contributed by atoms with Crippen LogP contribution in [0.3, 0.4) is 0 Å². The highest BCUT2D eigenvalue weighted by atomic mass is 32.2. The molecule has 0 spiro atoms. The molecule has 4 rings (SSSR count). The van der Waals surface area contributed by atoms with Crippen LogP contribution in [0, 0.1) is 0 Å². The Morgan fingerprint density at radius 3 is 2.44 bits per heavy atom. The number of ether oxygens (including phenoxy) is 2. The van der Waals surface area contributed by atoms with Crippen molar-refractivity contribution < 1.29 is 27.5 Å². The monoisotopic (exact) mass is 486 g/mol. The third-order valence-corrected chi connectivity index (χ3v) is 8.49. The number of hydrogen-bond acceptors (Lipinski definition) is 6. The van der Waals surface area contributed by atoms with E-state index in [0.717, 1.165) is 28.5 Å². The molecule has 0 aromatic heterocycles. The number of fused-ring (bicyclic) bond motifs is 1. The minimum absolute atomic E-state index is 0.0977. The molecule has 1 saturated heterocycles. The van der Waals surface area contributed by atoms with Crippen LogP contribution >= 0.6 is 0 Å². The van der Waals surface area contributed by atoms with E-state index in [-0.39, 0.29) is 27.3 Å². The summed E-state index contributed by atoms with van der Waals surface area (Å²) >= 11 is 0. The summed E-state index contributed by atoms with van der Waals surface area (Å²) in [5.74, 6) is -0.152. The molecule has 2 heterocycles. The number of rotatable bonds is 7. The SMILES string of the molecule is CCOc1ccc(C2(CNC(=O)c3ccc4c(c3)S(=O)(=O)N(C(C)C)C4=O)CCOCC2)cc1. The molecule has 0 saturated carbocycles. The Balaban J connectivity index is 1.56. The molecule has 0 radical (unpaired) electrons. The van der Waals surface area contributed by atoms with Crippen molar-refractivity contribution in [1.29, 1.82) is 0 Å². The van der Waals surface area contributed by atoms with Crippen molar-refractivity contribution in [3.05, 3.63) is 59.2 Å². The van der Waals surface area contributed by atoms with E-state index in [1.807, 2.05) is 31.2 Å². The van der Waals surface area contributed by atoms with Gasteiger partial charge in [-0.1, -0.05) is 12.1 Å². The number of carbonyl (C=O) groups is 2. The topological polar surface area (TPSA) is 102 Å². The molecule has 2 aromatic carbocycles. The quantitative estimate of drug-likeness (QED) is 0.645. The molecule has 0 aliphatic carbocycles. The predicted molar refractivity (Wildman–Crippen MR) is 127 cm³/mol. The number of hydrogen-bond donors (Lipinski definition) is 1. The van der Waals surface area contributed by atoms with Crippen LogP contribution in [0.1, 0.15) is 59.9 Å². The van der Waals surface area contributed by atoms with E-state index in [2.05, 4.69) is 5.32 Å². The van der Waals surface area contributed by atoms with Crippen molar-refractivity contribution in [2.75, 3.05) is 26.4 Å². The highest BCUT2D eigenvalue weighted by Crippen LogP contribution is 2.36. The van der Waals surface area contributed by atoms with Crippen molar-refractivity contribution in [3.63, 3.8) is 0 Å². The van der Waals surface area contributed by atoms with Gasteiger partial charge in [0.1, 0.15) is 10.6 Å². The normalized spacial score (nSPS) is 18.6. The summed E-state index contributed by atoms with van der Waals surface area (Å²) in [6, 6.07) is 11.6. The zero-order chi connectivity index (χ0) is 24.5. The van der Waals surface area contributed by atoms with Crippen LogP contribution in [0.15, 0.2) is 47.4 Å². The fourth-order valence-corrected chi connectivity index (χ4v) is 6.44. The standard InChI is InChI=1S/C25H30N2O6S/c1-4-33-20-8-6-19(7-9-20)25(11-13-32-14-12-25)16-26-23(28)18-5-10-21-22(15-18)34(30,31)27(17(2)3)24(21)29/h5-10,15,17H,4,11-14,16H2,1-3H3,(H,26,28). The van der Waals surface area contributed by atoms with Crippen LogP contribution in [0.4, 0.5) is 0 Å². The zero-order valence-electron chi connectivity index (χ0n) is 19.7. The van der Waals surface area contributed by atoms with Gasteiger partial charge < -0.3 is 14.8 Å².